The topological polar surface area (TPSA) is 50.9 Å². The average molecular weight is 196 g/mol. The third kappa shape index (κ3) is 1.48. The molecule has 0 unspecified atom stereocenters. The van der Waals surface area contributed by atoms with Gasteiger partial charge in [-0.2, -0.15) is 0 Å². The molecular formula is C8H6ClN3O. The monoisotopic (exact) mass is 195 g/mol. The maximum absolute atomic E-state index is 9.08. The number of nitrogens with zero attached hydrogens (tertiary/aromatic N) is 3. The predicted octanol–water partition coefficient (Wildman–Crippen LogP) is 1.63. The average Bonchev–Trinajstić information content (AvgIpc) is 2.49. The Labute approximate surface area is 79.4 Å². The summed E-state index contributed by atoms with van der Waals surface area (Å²) in [6.45, 7) is 0. The highest BCUT2D eigenvalue weighted by Gasteiger charge is 2.06. The van der Waals surface area contributed by atoms with E-state index in [-0.39, 0.29) is 11.0 Å². The number of para-hydroxylation sites is 1. The van der Waals surface area contributed by atoms with Gasteiger partial charge in [0, 0.05) is 0 Å². The van der Waals surface area contributed by atoms with Gasteiger partial charge in [-0.15, -0.1) is 15.0 Å². The third-order valence-electron chi connectivity index (χ3n) is 1.54. The fourth-order valence-electron chi connectivity index (χ4n) is 0.958. The van der Waals surface area contributed by atoms with E-state index in [1.165, 1.54) is 4.80 Å². The zero-order chi connectivity index (χ0) is 9.26. The summed E-state index contributed by atoms with van der Waals surface area (Å²) in [6, 6.07) is 9.22. The van der Waals surface area contributed by atoms with Gasteiger partial charge >= 0.3 is 0 Å². The molecule has 0 saturated carbocycles. The van der Waals surface area contributed by atoms with Gasteiger partial charge in [-0.05, 0) is 12.1 Å². The lowest BCUT2D eigenvalue weighted by atomic mass is 10.3. The maximum Gasteiger partial charge on any atom is 0.271 e. The summed E-state index contributed by atoms with van der Waals surface area (Å²) in [5.74, 6) is -0.259. The molecule has 0 saturated heterocycles. The first-order valence-corrected chi connectivity index (χ1v) is 4.02. The molecule has 5 heteroatoms. The minimum absolute atomic E-state index is 0.00357. The molecule has 66 valence electrons. The number of aromatic hydroxyl groups is 1. The molecule has 4 nitrogen and oxygen atoms in total. The maximum atomic E-state index is 9.08. The summed E-state index contributed by atoms with van der Waals surface area (Å²) >= 11 is 5.53. The SMILES string of the molecule is Oc1nn(-c2ccccc2)nc1Cl. The molecule has 1 heterocycles. The quantitative estimate of drug-likeness (QED) is 0.753. The van der Waals surface area contributed by atoms with Gasteiger partial charge < -0.3 is 5.11 Å². The zero-order valence-corrected chi connectivity index (χ0v) is 7.31. The van der Waals surface area contributed by atoms with Crippen molar-refractivity contribution >= 4 is 11.6 Å². The Balaban J connectivity index is 2.48. The normalized spacial score (nSPS) is 10.2. The number of halogens is 1. The summed E-state index contributed by atoms with van der Waals surface area (Å²) < 4.78 is 0. The standard InChI is InChI=1S/C8H6ClN3O/c9-7-8(13)11-12(10-7)6-4-2-1-3-5-6/h1-5H,(H,11,13). The highest BCUT2D eigenvalue weighted by Crippen LogP contribution is 2.17. The second-order valence-electron chi connectivity index (χ2n) is 2.44. The number of rotatable bonds is 1. The van der Waals surface area contributed by atoms with Crippen molar-refractivity contribution in [2.75, 3.05) is 0 Å². The lowest BCUT2D eigenvalue weighted by Gasteiger charge is -1.95. The molecule has 0 atom stereocenters. The molecule has 1 N–H and O–H groups in total. The van der Waals surface area contributed by atoms with Crippen LogP contribution in [0.2, 0.25) is 5.15 Å². The molecule has 0 aliphatic rings. The Morgan fingerprint density at radius 1 is 1.15 bits per heavy atom. The van der Waals surface area contributed by atoms with Crippen LogP contribution in [0.4, 0.5) is 0 Å². The van der Waals surface area contributed by atoms with Crippen molar-refractivity contribution in [1.29, 1.82) is 0 Å². The van der Waals surface area contributed by atoms with Gasteiger partial charge in [0.2, 0.25) is 5.15 Å². The Bertz CT molecular complexity index is 393. The molecule has 0 bridgehead atoms. The van der Waals surface area contributed by atoms with Crippen molar-refractivity contribution in [2.45, 2.75) is 0 Å². The number of hydrogen-bond donors (Lipinski definition) is 1. The van der Waals surface area contributed by atoms with Crippen molar-refractivity contribution in [3.05, 3.63) is 35.5 Å². The van der Waals surface area contributed by atoms with E-state index in [0.29, 0.717) is 0 Å². The van der Waals surface area contributed by atoms with E-state index >= 15 is 0 Å². The van der Waals surface area contributed by atoms with Crippen LogP contribution in [0.1, 0.15) is 0 Å². The lowest BCUT2D eigenvalue weighted by Crippen LogP contribution is -1.97. The van der Waals surface area contributed by atoms with E-state index in [9.17, 15) is 0 Å². The first-order valence-electron chi connectivity index (χ1n) is 3.64. The van der Waals surface area contributed by atoms with Crippen molar-refractivity contribution in [3.63, 3.8) is 0 Å². The molecule has 2 rings (SSSR count). The van der Waals surface area contributed by atoms with E-state index in [1.807, 2.05) is 30.3 Å². The molecule has 0 spiro atoms. The van der Waals surface area contributed by atoms with Gasteiger partial charge in [0.25, 0.3) is 5.88 Å². The fraction of sp³-hybridized carbons (Fsp3) is 0. The summed E-state index contributed by atoms with van der Waals surface area (Å²) in [6.07, 6.45) is 0. The number of hydrogen-bond acceptors (Lipinski definition) is 3. The molecule has 2 aromatic rings. The number of benzene rings is 1. The highest BCUT2D eigenvalue weighted by molar-refractivity contribution is 6.30. The predicted molar refractivity (Wildman–Crippen MR) is 48.0 cm³/mol. The third-order valence-corrected chi connectivity index (χ3v) is 1.79. The summed E-state index contributed by atoms with van der Waals surface area (Å²) in [5.41, 5.74) is 0.754. The number of aromatic nitrogens is 3. The first-order chi connectivity index (χ1) is 6.27. The summed E-state index contributed by atoms with van der Waals surface area (Å²) in [5, 5.41) is 16.6. The molecule has 0 aliphatic carbocycles. The fourth-order valence-corrected chi connectivity index (χ4v) is 1.07. The van der Waals surface area contributed by atoms with Gasteiger partial charge in [0.15, 0.2) is 0 Å². The molecular weight excluding hydrogens is 190 g/mol. The van der Waals surface area contributed by atoms with Crippen LogP contribution in [0.5, 0.6) is 5.88 Å². The van der Waals surface area contributed by atoms with E-state index < -0.39 is 0 Å². The van der Waals surface area contributed by atoms with Crippen LogP contribution in [-0.4, -0.2) is 20.1 Å². The smallest absolute Gasteiger partial charge is 0.271 e. The lowest BCUT2D eigenvalue weighted by molar-refractivity contribution is 0.447. The Morgan fingerprint density at radius 2 is 1.85 bits per heavy atom. The van der Waals surface area contributed by atoms with E-state index in [0.717, 1.165) is 5.69 Å². The zero-order valence-electron chi connectivity index (χ0n) is 6.55. The Hall–Kier alpha value is -1.55. The molecule has 0 fully saturated rings. The van der Waals surface area contributed by atoms with Gasteiger partial charge in [-0.3, -0.25) is 0 Å². The van der Waals surface area contributed by atoms with Crippen molar-refractivity contribution in [3.8, 4) is 11.6 Å². The van der Waals surface area contributed by atoms with E-state index in [2.05, 4.69) is 10.2 Å². The van der Waals surface area contributed by atoms with Crippen LogP contribution in [0, 0.1) is 0 Å². The molecule has 0 radical (unpaired) electrons. The molecule has 13 heavy (non-hydrogen) atoms. The Kier molecular flexibility index (Phi) is 1.90. The van der Waals surface area contributed by atoms with Crippen LogP contribution < -0.4 is 0 Å². The minimum Gasteiger partial charge on any atom is -0.490 e. The van der Waals surface area contributed by atoms with Gasteiger partial charge in [0.1, 0.15) is 0 Å². The molecule has 0 aliphatic heterocycles. The molecule has 1 aromatic heterocycles. The second-order valence-corrected chi connectivity index (χ2v) is 2.80. The molecule has 1 aromatic carbocycles. The first kappa shape index (κ1) is 8.07. The largest absolute Gasteiger partial charge is 0.490 e. The van der Waals surface area contributed by atoms with Crippen LogP contribution in [0.3, 0.4) is 0 Å². The van der Waals surface area contributed by atoms with Crippen molar-refractivity contribution < 1.29 is 5.11 Å². The molecule has 0 amide bonds. The van der Waals surface area contributed by atoms with Crippen LogP contribution in [0.15, 0.2) is 30.3 Å². The second kappa shape index (κ2) is 3.06. The summed E-state index contributed by atoms with van der Waals surface area (Å²) in [7, 11) is 0. The van der Waals surface area contributed by atoms with Crippen LogP contribution >= 0.6 is 11.6 Å². The van der Waals surface area contributed by atoms with E-state index in [1.54, 1.807) is 0 Å². The van der Waals surface area contributed by atoms with Gasteiger partial charge in [0.05, 0.1) is 5.69 Å². The van der Waals surface area contributed by atoms with Crippen molar-refractivity contribution in [2.24, 2.45) is 0 Å². The van der Waals surface area contributed by atoms with Crippen LogP contribution in [0.25, 0.3) is 5.69 Å². The highest BCUT2D eigenvalue weighted by atomic mass is 35.5. The Morgan fingerprint density at radius 3 is 2.38 bits per heavy atom. The van der Waals surface area contributed by atoms with E-state index in [4.69, 9.17) is 16.7 Å². The van der Waals surface area contributed by atoms with Gasteiger partial charge in [-0.1, -0.05) is 29.8 Å². The minimum atomic E-state index is -0.259. The van der Waals surface area contributed by atoms with Crippen LogP contribution in [-0.2, 0) is 0 Å². The summed E-state index contributed by atoms with van der Waals surface area (Å²) in [4.78, 5) is 1.28. The van der Waals surface area contributed by atoms with Crippen molar-refractivity contribution in [1.82, 2.24) is 15.0 Å². The van der Waals surface area contributed by atoms with Gasteiger partial charge in [-0.25, -0.2) is 0 Å².